The van der Waals surface area contributed by atoms with E-state index in [2.05, 4.69) is 25.4 Å². The lowest BCUT2D eigenvalue weighted by Crippen LogP contribution is -2.35. The first-order valence-electron chi connectivity index (χ1n) is 5.68. The van der Waals surface area contributed by atoms with E-state index in [9.17, 15) is 4.79 Å². The van der Waals surface area contributed by atoms with E-state index in [0.29, 0.717) is 11.2 Å². The van der Waals surface area contributed by atoms with Gasteiger partial charge in [0.1, 0.15) is 0 Å². The summed E-state index contributed by atoms with van der Waals surface area (Å²) in [6.45, 7) is 5.44. The molecule has 1 aliphatic carbocycles. The van der Waals surface area contributed by atoms with Gasteiger partial charge in [-0.1, -0.05) is 13.8 Å². The predicted molar refractivity (Wildman–Crippen MR) is 67.2 cm³/mol. The standard InChI is InChI=1S/C12H21NOS/c1-4-12(5-2,15-3)9-13-10-6-7-11(14)8-10/h8,13H,4-7,9H2,1-3H3. The van der Waals surface area contributed by atoms with Crippen LogP contribution >= 0.6 is 11.8 Å². The van der Waals surface area contributed by atoms with Crippen LogP contribution in [0.1, 0.15) is 39.5 Å². The molecule has 0 unspecified atom stereocenters. The molecule has 0 atom stereocenters. The maximum Gasteiger partial charge on any atom is 0.157 e. The first-order valence-corrected chi connectivity index (χ1v) is 6.90. The third kappa shape index (κ3) is 3.26. The first kappa shape index (κ1) is 12.6. The summed E-state index contributed by atoms with van der Waals surface area (Å²) in [6, 6.07) is 0. The number of hydrogen-bond acceptors (Lipinski definition) is 3. The van der Waals surface area contributed by atoms with E-state index in [-0.39, 0.29) is 5.78 Å². The van der Waals surface area contributed by atoms with E-state index in [1.54, 1.807) is 6.08 Å². The van der Waals surface area contributed by atoms with Crippen LogP contribution in [0.25, 0.3) is 0 Å². The zero-order valence-corrected chi connectivity index (χ0v) is 10.7. The molecule has 1 rings (SSSR count). The monoisotopic (exact) mass is 227 g/mol. The van der Waals surface area contributed by atoms with Crippen LogP contribution in [0.3, 0.4) is 0 Å². The molecule has 0 saturated heterocycles. The highest BCUT2D eigenvalue weighted by atomic mass is 32.2. The SMILES string of the molecule is CCC(CC)(CNC1=CC(=O)CC1)SC. The smallest absolute Gasteiger partial charge is 0.157 e. The van der Waals surface area contributed by atoms with Gasteiger partial charge in [0.2, 0.25) is 0 Å². The van der Waals surface area contributed by atoms with Gasteiger partial charge in [0.05, 0.1) is 0 Å². The van der Waals surface area contributed by atoms with Crippen LogP contribution < -0.4 is 5.32 Å². The molecule has 0 amide bonds. The molecule has 2 nitrogen and oxygen atoms in total. The molecule has 0 aromatic heterocycles. The lowest BCUT2D eigenvalue weighted by Gasteiger charge is -2.30. The summed E-state index contributed by atoms with van der Waals surface area (Å²) < 4.78 is 0.326. The fraction of sp³-hybridized carbons (Fsp3) is 0.750. The third-order valence-electron chi connectivity index (χ3n) is 3.34. The van der Waals surface area contributed by atoms with Crippen molar-refractivity contribution >= 4 is 17.5 Å². The lowest BCUT2D eigenvalue weighted by molar-refractivity contribution is -0.114. The van der Waals surface area contributed by atoms with Crippen LogP contribution in [0, 0.1) is 0 Å². The molecule has 0 radical (unpaired) electrons. The van der Waals surface area contributed by atoms with Crippen LogP contribution in [-0.4, -0.2) is 23.3 Å². The highest BCUT2D eigenvalue weighted by molar-refractivity contribution is 8.00. The Kier molecular flexibility index (Phi) is 4.71. The Morgan fingerprint density at radius 1 is 1.40 bits per heavy atom. The summed E-state index contributed by atoms with van der Waals surface area (Å²) in [5.41, 5.74) is 1.13. The quantitative estimate of drug-likeness (QED) is 0.756. The Labute approximate surface area is 96.9 Å². The van der Waals surface area contributed by atoms with Crippen LogP contribution in [0.2, 0.25) is 0 Å². The Balaban J connectivity index is 2.47. The molecule has 0 aromatic rings. The number of hydrogen-bond donors (Lipinski definition) is 1. The zero-order chi connectivity index (χ0) is 11.3. The van der Waals surface area contributed by atoms with Crippen molar-refractivity contribution in [3.05, 3.63) is 11.8 Å². The largest absolute Gasteiger partial charge is 0.387 e. The van der Waals surface area contributed by atoms with E-state index in [0.717, 1.165) is 18.7 Å². The van der Waals surface area contributed by atoms with Crippen molar-refractivity contribution in [3.8, 4) is 0 Å². The normalized spacial score (nSPS) is 16.7. The molecular formula is C12H21NOS. The molecule has 0 heterocycles. The highest BCUT2D eigenvalue weighted by Gasteiger charge is 2.25. The van der Waals surface area contributed by atoms with Crippen LogP contribution in [0.15, 0.2) is 11.8 Å². The van der Waals surface area contributed by atoms with Gasteiger partial charge in [-0.2, -0.15) is 11.8 Å². The number of ketones is 1. The van der Waals surface area contributed by atoms with Crippen molar-refractivity contribution in [2.75, 3.05) is 12.8 Å². The second-order valence-electron chi connectivity index (χ2n) is 4.08. The average Bonchev–Trinajstić information content (AvgIpc) is 2.67. The summed E-state index contributed by atoms with van der Waals surface area (Å²) in [5, 5.41) is 3.43. The maximum absolute atomic E-state index is 11.1. The number of allylic oxidation sites excluding steroid dienone is 2. The summed E-state index contributed by atoms with van der Waals surface area (Å²) >= 11 is 1.93. The van der Waals surface area contributed by atoms with Crippen molar-refractivity contribution in [1.29, 1.82) is 0 Å². The molecule has 15 heavy (non-hydrogen) atoms. The van der Waals surface area contributed by atoms with E-state index < -0.39 is 0 Å². The van der Waals surface area contributed by atoms with Crippen molar-refractivity contribution in [2.24, 2.45) is 0 Å². The summed E-state index contributed by atoms with van der Waals surface area (Å²) in [7, 11) is 0. The summed E-state index contributed by atoms with van der Waals surface area (Å²) in [6.07, 6.45) is 7.85. The summed E-state index contributed by atoms with van der Waals surface area (Å²) in [4.78, 5) is 11.1. The fourth-order valence-corrected chi connectivity index (χ4v) is 2.67. The van der Waals surface area contributed by atoms with Gasteiger partial charge in [0.15, 0.2) is 5.78 Å². The van der Waals surface area contributed by atoms with E-state index >= 15 is 0 Å². The Morgan fingerprint density at radius 2 is 2.07 bits per heavy atom. The zero-order valence-electron chi connectivity index (χ0n) is 9.93. The first-order chi connectivity index (χ1) is 7.15. The van der Waals surface area contributed by atoms with Gasteiger partial charge in [-0.05, 0) is 25.5 Å². The number of nitrogens with one attached hydrogen (secondary N) is 1. The number of thioether (sulfide) groups is 1. The molecule has 0 fully saturated rings. The van der Waals surface area contributed by atoms with Gasteiger partial charge in [0.25, 0.3) is 0 Å². The van der Waals surface area contributed by atoms with E-state index in [1.807, 2.05) is 11.8 Å². The molecule has 3 heteroatoms. The molecule has 0 aliphatic heterocycles. The fourth-order valence-electron chi connectivity index (χ4n) is 1.87. The van der Waals surface area contributed by atoms with Crippen LogP contribution in [0.4, 0.5) is 0 Å². The van der Waals surface area contributed by atoms with E-state index in [1.165, 1.54) is 12.8 Å². The summed E-state index contributed by atoms with van der Waals surface area (Å²) in [5.74, 6) is 0.264. The lowest BCUT2D eigenvalue weighted by atomic mass is 10.0. The number of carbonyl (C=O) groups excluding carboxylic acids is 1. The second-order valence-corrected chi connectivity index (χ2v) is 5.36. The van der Waals surface area contributed by atoms with Gasteiger partial charge in [0, 0.05) is 29.5 Å². The number of carbonyl (C=O) groups is 1. The average molecular weight is 227 g/mol. The van der Waals surface area contributed by atoms with Gasteiger partial charge in [-0.3, -0.25) is 4.79 Å². The highest BCUT2D eigenvalue weighted by Crippen LogP contribution is 2.30. The minimum absolute atomic E-state index is 0.264. The molecule has 1 N–H and O–H groups in total. The molecule has 1 aliphatic rings. The maximum atomic E-state index is 11.1. The minimum atomic E-state index is 0.264. The molecule has 0 aromatic carbocycles. The molecule has 0 bridgehead atoms. The van der Waals surface area contributed by atoms with Gasteiger partial charge >= 0.3 is 0 Å². The van der Waals surface area contributed by atoms with Gasteiger partial charge in [-0.15, -0.1) is 0 Å². The van der Waals surface area contributed by atoms with E-state index in [4.69, 9.17) is 0 Å². The van der Waals surface area contributed by atoms with Gasteiger partial charge < -0.3 is 5.32 Å². The number of rotatable bonds is 6. The molecule has 0 saturated carbocycles. The Morgan fingerprint density at radius 3 is 2.47 bits per heavy atom. The minimum Gasteiger partial charge on any atom is -0.387 e. The Hall–Kier alpha value is -0.440. The van der Waals surface area contributed by atoms with Crippen molar-refractivity contribution < 1.29 is 4.79 Å². The van der Waals surface area contributed by atoms with Crippen LogP contribution in [-0.2, 0) is 4.79 Å². The Bertz CT molecular complexity index is 248. The van der Waals surface area contributed by atoms with Crippen LogP contribution in [0.5, 0.6) is 0 Å². The second kappa shape index (κ2) is 5.59. The third-order valence-corrected chi connectivity index (χ3v) is 4.92. The topological polar surface area (TPSA) is 29.1 Å². The van der Waals surface area contributed by atoms with Crippen molar-refractivity contribution in [3.63, 3.8) is 0 Å². The molecular weight excluding hydrogens is 206 g/mol. The van der Waals surface area contributed by atoms with Crippen molar-refractivity contribution in [2.45, 2.75) is 44.3 Å². The van der Waals surface area contributed by atoms with Crippen molar-refractivity contribution in [1.82, 2.24) is 5.32 Å². The predicted octanol–water partition coefficient (Wildman–Crippen LogP) is 2.74. The molecule has 86 valence electrons. The van der Waals surface area contributed by atoms with Gasteiger partial charge in [-0.25, -0.2) is 0 Å². The molecule has 0 spiro atoms.